The lowest BCUT2D eigenvalue weighted by Gasteiger charge is -2.12. The minimum Gasteiger partial charge on any atom is -0.468 e. The molecular formula is C13H18BrN3O. The van der Waals surface area contributed by atoms with Gasteiger partial charge in [0.15, 0.2) is 0 Å². The van der Waals surface area contributed by atoms with Gasteiger partial charge in [-0.3, -0.25) is 4.68 Å². The van der Waals surface area contributed by atoms with Crippen LogP contribution in [0.25, 0.3) is 0 Å². The van der Waals surface area contributed by atoms with Crippen molar-refractivity contribution >= 4 is 15.9 Å². The Morgan fingerprint density at radius 2 is 2.33 bits per heavy atom. The van der Waals surface area contributed by atoms with E-state index < -0.39 is 0 Å². The van der Waals surface area contributed by atoms with Crippen LogP contribution in [0.4, 0.5) is 0 Å². The van der Waals surface area contributed by atoms with Gasteiger partial charge in [0.1, 0.15) is 5.76 Å². The van der Waals surface area contributed by atoms with Gasteiger partial charge in [-0.2, -0.15) is 5.10 Å². The zero-order valence-electron chi connectivity index (χ0n) is 10.9. The molecule has 2 heterocycles. The number of aryl methyl sites for hydroxylation is 2. The SMILES string of the molecule is CCn1nc(C)c(Br)c1CN[C@@H](C)c1ccco1. The molecule has 0 aliphatic heterocycles. The third-order valence-electron chi connectivity index (χ3n) is 3.00. The summed E-state index contributed by atoms with van der Waals surface area (Å²) in [5.41, 5.74) is 2.20. The van der Waals surface area contributed by atoms with Gasteiger partial charge in [0.25, 0.3) is 0 Å². The summed E-state index contributed by atoms with van der Waals surface area (Å²) < 4.78 is 8.48. The average molecular weight is 312 g/mol. The number of aromatic nitrogens is 2. The molecule has 2 aromatic heterocycles. The second-order valence-corrected chi connectivity index (χ2v) is 5.07. The van der Waals surface area contributed by atoms with Crippen LogP contribution in [-0.4, -0.2) is 9.78 Å². The zero-order valence-corrected chi connectivity index (χ0v) is 12.5. The molecule has 0 aliphatic rings. The largest absolute Gasteiger partial charge is 0.468 e. The van der Waals surface area contributed by atoms with Crippen molar-refractivity contribution in [1.82, 2.24) is 15.1 Å². The van der Waals surface area contributed by atoms with E-state index >= 15 is 0 Å². The van der Waals surface area contributed by atoms with Gasteiger partial charge in [0.2, 0.25) is 0 Å². The third-order valence-corrected chi connectivity index (χ3v) is 4.03. The van der Waals surface area contributed by atoms with E-state index in [1.807, 2.05) is 23.7 Å². The molecule has 0 spiro atoms. The Hall–Kier alpha value is -1.07. The highest BCUT2D eigenvalue weighted by Crippen LogP contribution is 2.22. The summed E-state index contributed by atoms with van der Waals surface area (Å²) in [6.45, 7) is 7.83. The number of halogens is 1. The summed E-state index contributed by atoms with van der Waals surface area (Å²) in [6.07, 6.45) is 1.70. The van der Waals surface area contributed by atoms with Crippen molar-refractivity contribution < 1.29 is 4.42 Å². The molecule has 1 atom stereocenters. The van der Waals surface area contributed by atoms with Gasteiger partial charge in [-0.1, -0.05) is 0 Å². The van der Waals surface area contributed by atoms with Crippen LogP contribution >= 0.6 is 15.9 Å². The Morgan fingerprint density at radius 3 is 2.94 bits per heavy atom. The van der Waals surface area contributed by atoms with Crippen LogP contribution in [0.2, 0.25) is 0 Å². The molecule has 0 aromatic carbocycles. The van der Waals surface area contributed by atoms with Crippen molar-refractivity contribution in [3.8, 4) is 0 Å². The summed E-state index contributed by atoms with van der Waals surface area (Å²) in [4.78, 5) is 0. The third kappa shape index (κ3) is 2.67. The van der Waals surface area contributed by atoms with Crippen LogP contribution in [0.1, 0.15) is 37.0 Å². The number of rotatable bonds is 5. The maximum absolute atomic E-state index is 5.38. The Bertz CT molecular complexity index is 505. The molecule has 2 rings (SSSR count). The molecule has 0 amide bonds. The molecule has 0 fully saturated rings. The molecule has 18 heavy (non-hydrogen) atoms. The summed E-state index contributed by atoms with van der Waals surface area (Å²) >= 11 is 3.59. The van der Waals surface area contributed by atoms with E-state index in [1.165, 1.54) is 5.69 Å². The van der Waals surface area contributed by atoms with E-state index in [4.69, 9.17) is 4.42 Å². The molecular weight excluding hydrogens is 294 g/mol. The summed E-state index contributed by atoms with van der Waals surface area (Å²) in [6, 6.07) is 4.08. The van der Waals surface area contributed by atoms with Gasteiger partial charge in [-0.25, -0.2) is 0 Å². The lowest BCUT2D eigenvalue weighted by molar-refractivity contribution is 0.423. The van der Waals surface area contributed by atoms with Crippen LogP contribution in [-0.2, 0) is 13.1 Å². The summed E-state index contributed by atoms with van der Waals surface area (Å²) in [5.74, 6) is 0.949. The van der Waals surface area contributed by atoms with Crippen molar-refractivity contribution in [3.63, 3.8) is 0 Å². The van der Waals surface area contributed by atoms with Crippen molar-refractivity contribution in [2.75, 3.05) is 0 Å². The number of hydrogen-bond donors (Lipinski definition) is 1. The second kappa shape index (κ2) is 5.71. The minimum absolute atomic E-state index is 0.187. The first-order chi connectivity index (χ1) is 8.63. The number of nitrogens with one attached hydrogen (secondary N) is 1. The molecule has 4 nitrogen and oxygen atoms in total. The fourth-order valence-electron chi connectivity index (χ4n) is 1.93. The van der Waals surface area contributed by atoms with E-state index in [0.29, 0.717) is 0 Å². The smallest absolute Gasteiger partial charge is 0.120 e. The van der Waals surface area contributed by atoms with Gasteiger partial charge in [-0.05, 0) is 48.8 Å². The van der Waals surface area contributed by atoms with Crippen molar-refractivity contribution in [2.24, 2.45) is 0 Å². The molecule has 0 bridgehead atoms. The number of furan rings is 1. The van der Waals surface area contributed by atoms with E-state index in [9.17, 15) is 0 Å². The van der Waals surface area contributed by atoms with E-state index in [2.05, 4.69) is 40.2 Å². The highest BCUT2D eigenvalue weighted by molar-refractivity contribution is 9.10. The fraction of sp³-hybridized carbons (Fsp3) is 0.462. The summed E-state index contributed by atoms with van der Waals surface area (Å²) in [5, 5.41) is 7.92. The first-order valence-electron chi connectivity index (χ1n) is 6.12. The first kappa shape index (κ1) is 13.4. The maximum Gasteiger partial charge on any atom is 0.120 e. The molecule has 2 aromatic rings. The van der Waals surface area contributed by atoms with Crippen molar-refractivity contribution in [2.45, 2.75) is 39.9 Å². The van der Waals surface area contributed by atoms with E-state index in [-0.39, 0.29) is 6.04 Å². The van der Waals surface area contributed by atoms with Crippen LogP contribution < -0.4 is 5.32 Å². The zero-order chi connectivity index (χ0) is 13.1. The topological polar surface area (TPSA) is 43.0 Å². The molecule has 0 unspecified atom stereocenters. The average Bonchev–Trinajstić information content (AvgIpc) is 2.97. The molecule has 0 radical (unpaired) electrons. The van der Waals surface area contributed by atoms with E-state index in [1.54, 1.807) is 6.26 Å². The highest BCUT2D eigenvalue weighted by Gasteiger charge is 2.14. The maximum atomic E-state index is 5.38. The van der Waals surface area contributed by atoms with Crippen molar-refractivity contribution in [3.05, 3.63) is 40.0 Å². The van der Waals surface area contributed by atoms with Crippen LogP contribution in [0.15, 0.2) is 27.3 Å². The van der Waals surface area contributed by atoms with Crippen LogP contribution in [0, 0.1) is 6.92 Å². The Balaban J connectivity index is 2.06. The van der Waals surface area contributed by atoms with E-state index in [0.717, 1.165) is 29.0 Å². The molecule has 98 valence electrons. The molecule has 1 N–H and O–H groups in total. The molecule has 0 saturated heterocycles. The first-order valence-corrected chi connectivity index (χ1v) is 6.91. The normalized spacial score (nSPS) is 12.9. The fourth-order valence-corrected chi connectivity index (χ4v) is 2.35. The van der Waals surface area contributed by atoms with Gasteiger partial charge in [0, 0.05) is 13.1 Å². The lowest BCUT2D eigenvalue weighted by Crippen LogP contribution is -2.20. The van der Waals surface area contributed by atoms with Gasteiger partial charge in [0.05, 0.1) is 28.2 Å². The quantitative estimate of drug-likeness (QED) is 0.920. The molecule has 0 saturated carbocycles. The van der Waals surface area contributed by atoms with Crippen molar-refractivity contribution in [1.29, 1.82) is 0 Å². The van der Waals surface area contributed by atoms with Crippen LogP contribution in [0.5, 0.6) is 0 Å². The Morgan fingerprint density at radius 1 is 1.56 bits per heavy atom. The standard InChI is InChI=1S/C13H18BrN3O/c1-4-17-11(13(14)10(3)16-17)8-15-9(2)12-6-5-7-18-12/h5-7,9,15H,4,8H2,1-3H3/t9-/m0/s1. The lowest BCUT2D eigenvalue weighted by atomic mass is 10.2. The molecule has 0 aliphatic carbocycles. The van der Waals surface area contributed by atoms with Crippen LogP contribution in [0.3, 0.4) is 0 Å². The Labute approximate surface area is 115 Å². The molecule has 5 heteroatoms. The minimum atomic E-state index is 0.187. The van der Waals surface area contributed by atoms with Gasteiger partial charge >= 0.3 is 0 Å². The number of hydrogen-bond acceptors (Lipinski definition) is 3. The van der Waals surface area contributed by atoms with Gasteiger partial charge in [-0.15, -0.1) is 0 Å². The predicted molar refractivity (Wildman–Crippen MR) is 74.3 cm³/mol. The predicted octanol–water partition coefficient (Wildman–Crippen LogP) is 3.42. The van der Waals surface area contributed by atoms with Gasteiger partial charge < -0.3 is 9.73 Å². The number of nitrogens with zero attached hydrogens (tertiary/aromatic N) is 2. The monoisotopic (exact) mass is 311 g/mol. The highest BCUT2D eigenvalue weighted by atomic mass is 79.9. The Kier molecular flexibility index (Phi) is 4.24. The second-order valence-electron chi connectivity index (χ2n) is 4.28. The summed E-state index contributed by atoms with van der Waals surface area (Å²) in [7, 11) is 0.